The topological polar surface area (TPSA) is 23.5 Å². The predicted molar refractivity (Wildman–Crippen MR) is 173 cm³/mol. The highest BCUT2D eigenvalue weighted by atomic mass is 16.3. The van der Waals surface area contributed by atoms with Gasteiger partial charge in [-0.3, -0.25) is 0 Å². The Bertz CT molecular complexity index is 424. The lowest BCUT2D eigenvalue weighted by atomic mass is 9.88. The smallest absolute Gasteiger partial charge is 0.0568 e. The Morgan fingerprint density at radius 3 is 1.00 bits per heavy atom. The summed E-state index contributed by atoms with van der Waals surface area (Å²) < 4.78 is 0. The van der Waals surface area contributed by atoms with Gasteiger partial charge in [0.1, 0.15) is 0 Å². The first-order valence-electron chi connectivity index (χ1n) is 17.9. The van der Waals surface area contributed by atoms with Gasteiger partial charge in [0, 0.05) is 0 Å². The monoisotopic (exact) mass is 538 g/mol. The van der Waals surface area contributed by atoms with E-state index in [0.29, 0.717) is 5.92 Å². The Morgan fingerprint density at radius 1 is 0.395 bits per heavy atom. The Hall–Kier alpha value is -0.0800. The summed E-state index contributed by atoms with van der Waals surface area (Å²) in [7, 11) is 4.34. The molecule has 38 heavy (non-hydrogen) atoms. The molecule has 0 bridgehead atoms. The fraction of sp³-hybridized carbons (Fsp3) is 1.00. The first-order chi connectivity index (χ1) is 18.6. The molecule has 0 heterocycles. The number of unbranched alkanes of at least 4 members (excludes halogenated alkanes) is 24. The SMILES string of the molecule is CCCCCCCCCCCCCCCC(O)C(CCCCCCCCCCCCCCC)CCN(C)C. The van der Waals surface area contributed by atoms with Crippen LogP contribution in [0, 0.1) is 5.92 Å². The summed E-state index contributed by atoms with van der Waals surface area (Å²) in [5.41, 5.74) is 0. The van der Waals surface area contributed by atoms with E-state index in [9.17, 15) is 5.11 Å². The van der Waals surface area contributed by atoms with E-state index >= 15 is 0 Å². The van der Waals surface area contributed by atoms with Crippen LogP contribution in [0.15, 0.2) is 0 Å². The summed E-state index contributed by atoms with van der Waals surface area (Å²) in [5.74, 6) is 0.502. The quantitative estimate of drug-likeness (QED) is 0.0862. The molecule has 0 aromatic carbocycles. The van der Waals surface area contributed by atoms with Gasteiger partial charge in [0.2, 0.25) is 0 Å². The molecule has 0 fully saturated rings. The summed E-state index contributed by atoms with van der Waals surface area (Å²) in [6.07, 6.45) is 39.9. The molecule has 2 atom stereocenters. The molecule has 0 aromatic rings. The maximum atomic E-state index is 11.0. The van der Waals surface area contributed by atoms with Crippen LogP contribution in [-0.2, 0) is 0 Å². The van der Waals surface area contributed by atoms with Gasteiger partial charge in [-0.15, -0.1) is 0 Å². The molecule has 2 heteroatoms. The first-order valence-corrected chi connectivity index (χ1v) is 17.9. The molecule has 0 aliphatic heterocycles. The van der Waals surface area contributed by atoms with E-state index in [-0.39, 0.29) is 6.10 Å². The number of aliphatic hydroxyl groups is 1. The number of aliphatic hydroxyl groups excluding tert-OH is 1. The van der Waals surface area contributed by atoms with Crippen molar-refractivity contribution < 1.29 is 5.11 Å². The molecule has 230 valence electrons. The van der Waals surface area contributed by atoms with Gasteiger partial charge in [0.25, 0.3) is 0 Å². The highest BCUT2D eigenvalue weighted by Crippen LogP contribution is 2.23. The van der Waals surface area contributed by atoms with E-state index in [0.717, 1.165) is 19.4 Å². The maximum absolute atomic E-state index is 11.0. The van der Waals surface area contributed by atoms with Gasteiger partial charge in [-0.05, 0) is 45.8 Å². The number of hydrogen-bond acceptors (Lipinski definition) is 2. The van der Waals surface area contributed by atoms with E-state index in [1.807, 2.05) is 0 Å². The molecule has 0 saturated heterocycles. The lowest BCUT2D eigenvalue weighted by Gasteiger charge is -2.24. The lowest BCUT2D eigenvalue weighted by Crippen LogP contribution is -2.25. The van der Waals surface area contributed by atoms with Crippen molar-refractivity contribution in [2.75, 3.05) is 20.6 Å². The third kappa shape index (κ3) is 28.9. The van der Waals surface area contributed by atoms with Crippen LogP contribution in [-0.4, -0.2) is 36.8 Å². The maximum Gasteiger partial charge on any atom is 0.0568 e. The van der Waals surface area contributed by atoms with E-state index in [4.69, 9.17) is 0 Å². The van der Waals surface area contributed by atoms with Crippen LogP contribution in [0.3, 0.4) is 0 Å². The van der Waals surface area contributed by atoms with Crippen LogP contribution in [0.1, 0.15) is 200 Å². The fourth-order valence-corrected chi connectivity index (χ4v) is 5.98. The van der Waals surface area contributed by atoms with Gasteiger partial charge in [-0.25, -0.2) is 0 Å². The lowest BCUT2D eigenvalue weighted by molar-refractivity contribution is 0.0803. The van der Waals surface area contributed by atoms with E-state index in [1.54, 1.807) is 0 Å². The van der Waals surface area contributed by atoms with Crippen LogP contribution < -0.4 is 0 Å². The van der Waals surface area contributed by atoms with Crippen molar-refractivity contribution in [3.8, 4) is 0 Å². The van der Waals surface area contributed by atoms with Gasteiger partial charge in [0.05, 0.1) is 6.10 Å². The van der Waals surface area contributed by atoms with E-state index < -0.39 is 0 Å². The molecule has 2 nitrogen and oxygen atoms in total. The fourth-order valence-electron chi connectivity index (χ4n) is 5.98. The van der Waals surface area contributed by atoms with Crippen LogP contribution in [0.5, 0.6) is 0 Å². The number of hydrogen-bond donors (Lipinski definition) is 1. The van der Waals surface area contributed by atoms with Gasteiger partial charge in [0.15, 0.2) is 0 Å². The largest absolute Gasteiger partial charge is 0.393 e. The van der Waals surface area contributed by atoms with Crippen molar-refractivity contribution in [2.45, 2.75) is 206 Å². The second-order valence-corrected chi connectivity index (χ2v) is 13.0. The molecule has 0 radical (unpaired) electrons. The van der Waals surface area contributed by atoms with Crippen molar-refractivity contribution in [2.24, 2.45) is 5.92 Å². The molecule has 0 saturated carbocycles. The standard InChI is InChI=1S/C36H75NO/c1-5-7-9-11-13-15-17-19-21-23-25-27-29-31-35(33-34-37(3)4)36(38)32-30-28-26-24-22-20-18-16-14-12-10-8-6-2/h35-36,38H,5-34H2,1-4H3. The van der Waals surface area contributed by atoms with Crippen LogP contribution in [0.25, 0.3) is 0 Å². The predicted octanol–water partition coefficient (Wildman–Crippen LogP) is 11.9. The van der Waals surface area contributed by atoms with Crippen molar-refractivity contribution in [3.63, 3.8) is 0 Å². The highest BCUT2D eigenvalue weighted by molar-refractivity contribution is 4.71. The second kappa shape index (κ2) is 31.4. The number of nitrogens with zero attached hydrogens (tertiary/aromatic N) is 1. The Morgan fingerprint density at radius 2 is 0.684 bits per heavy atom. The Labute approximate surface area is 242 Å². The minimum Gasteiger partial charge on any atom is -0.393 e. The molecule has 2 unspecified atom stereocenters. The highest BCUT2D eigenvalue weighted by Gasteiger charge is 2.18. The molecule has 0 aliphatic carbocycles. The third-order valence-corrected chi connectivity index (χ3v) is 8.77. The minimum atomic E-state index is -0.0833. The van der Waals surface area contributed by atoms with Gasteiger partial charge < -0.3 is 10.0 Å². The molecule has 1 N–H and O–H groups in total. The molecular formula is C36H75NO. The minimum absolute atomic E-state index is 0.0833. The summed E-state index contributed by atoms with van der Waals surface area (Å²) in [6, 6.07) is 0. The van der Waals surface area contributed by atoms with Crippen LogP contribution in [0.4, 0.5) is 0 Å². The Balaban J connectivity index is 3.73. The summed E-state index contributed by atoms with van der Waals surface area (Å²) >= 11 is 0. The average Bonchev–Trinajstić information content (AvgIpc) is 2.90. The Kier molecular flexibility index (Phi) is 31.4. The molecule has 0 aromatic heterocycles. The summed E-state index contributed by atoms with van der Waals surface area (Å²) in [5, 5.41) is 11.0. The molecule has 0 rings (SSSR count). The summed E-state index contributed by atoms with van der Waals surface area (Å²) in [6.45, 7) is 5.71. The van der Waals surface area contributed by atoms with Crippen molar-refractivity contribution in [1.29, 1.82) is 0 Å². The molecule has 0 aliphatic rings. The first kappa shape index (κ1) is 37.9. The molecule has 0 amide bonds. The van der Waals surface area contributed by atoms with Crippen LogP contribution >= 0.6 is 0 Å². The van der Waals surface area contributed by atoms with Crippen molar-refractivity contribution in [1.82, 2.24) is 4.90 Å². The molecular weight excluding hydrogens is 462 g/mol. The van der Waals surface area contributed by atoms with E-state index in [1.165, 1.54) is 173 Å². The number of rotatable bonds is 32. The average molecular weight is 538 g/mol. The zero-order chi connectivity index (χ0) is 27.9. The summed E-state index contributed by atoms with van der Waals surface area (Å²) in [4.78, 5) is 2.29. The van der Waals surface area contributed by atoms with Gasteiger partial charge >= 0.3 is 0 Å². The third-order valence-electron chi connectivity index (χ3n) is 8.77. The van der Waals surface area contributed by atoms with E-state index in [2.05, 4.69) is 32.8 Å². The van der Waals surface area contributed by atoms with Crippen molar-refractivity contribution in [3.05, 3.63) is 0 Å². The van der Waals surface area contributed by atoms with Crippen molar-refractivity contribution >= 4 is 0 Å². The normalized spacial score (nSPS) is 13.4. The van der Waals surface area contributed by atoms with Gasteiger partial charge in [-0.1, -0.05) is 181 Å². The van der Waals surface area contributed by atoms with Crippen LogP contribution in [0.2, 0.25) is 0 Å². The van der Waals surface area contributed by atoms with Gasteiger partial charge in [-0.2, -0.15) is 0 Å². The zero-order valence-corrected chi connectivity index (χ0v) is 27.3. The second-order valence-electron chi connectivity index (χ2n) is 13.0. The zero-order valence-electron chi connectivity index (χ0n) is 27.3. The molecule has 0 spiro atoms.